The summed E-state index contributed by atoms with van der Waals surface area (Å²) < 4.78 is 0. The summed E-state index contributed by atoms with van der Waals surface area (Å²) in [4.78, 5) is 14.1. The standard InChI is InChI=1S/C8H9NO3/c9-7-3-1-6(2-4-7)5-8(10)12-11/h1-4,11H,5,9H2. The SMILES string of the molecule is Nc1ccc(CC(=O)OO)cc1. The van der Waals surface area contributed by atoms with Gasteiger partial charge in [-0.1, -0.05) is 12.1 Å². The molecule has 0 aromatic heterocycles. The summed E-state index contributed by atoms with van der Waals surface area (Å²) in [6.07, 6.45) is 0.0524. The molecule has 0 amide bonds. The largest absolute Gasteiger partial charge is 0.399 e. The Balaban J connectivity index is 2.64. The van der Waals surface area contributed by atoms with Gasteiger partial charge in [0.15, 0.2) is 0 Å². The van der Waals surface area contributed by atoms with Crippen LogP contribution in [0.2, 0.25) is 0 Å². The summed E-state index contributed by atoms with van der Waals surface area (Å²) >= 11 is 0. The maximum Gasteiger partial charge on any atom is 0.346 e. The van der Waals surface area contributed by atoms with Crippen molar-refractivity contribution in [3.63, 3.8) is 0 Å². The number of hydrogen-bond donors (Lipinski definition) is 2. The first-order valence-electron chi connectivity index (χ1n) is 3.41. The Morgan fingerprint density at radius 3 is 2.50 bits per heavy atom. The van der Waals surface area contributed by atoms with Crippen LogP contribution in [0.3, 0.4) is 0 Å². The highest BCUT2D eigenvalue weighted by atomic mass is 17.1. The van der Waals surface area contributed by atoms with Crippen molar-refractivity contribution in [3.05, 3.63) is 29.8 Å². The van der Waals surface area contributed by atoms with E-state index in [4.69, 9.17) is 11.0 Å². The highest BCUT2D eigenvalue weighted by molar-refractivity contribution is 5.71. The van der Waals surface area contributed by atoms with E-state index in [-0.39, 0.29) is 6.42 Å². The molecule has 0 aliphatic heterocycles. The minimum Gasteiger partial charge on any atom is -0.399 e. The number of anilines is 1. The summed E-state index contributed by atoms with van der Waals surface area (Å²) in [5.74, 6) is -0.681. The van der Waals surface area contributed by atoms with Crippen molar-refractivity contribution in [1.29, 1.82) is 0 Å². The third-order valence-electron chi connectivity index (χ3n) is 1.43. The van der Waals surface area contributed by atoms with Gasteiger partial charge in [-0.15, -0.1) is 0 Å². The molecule has 1 aromatic rings. The van der Waals surface area contributed by atoms with Crippen molar-refractivity contribution in [1.82, 2.24) is 0 Å². The molecular weight excluding hydrogens is 158 g/mol. The number of carbonyl (C=O) groups excluding carboxylic acids is 1. The molecule has 0 unspecified atom stereocenters. The minimum absolute atomic E-state index is 0.0524. The zero-order valence-electron chi connectivity index (χ0n) is 6.36. The second-order valence-corrected chi connectivity index (χ2v) is 2.38. The van der Waals surface area contributed by atoms with Gasteiger partial charge in [-0.2, -0.15) is 5.26 Å². The fraction of sp³-hybridized carbons (Fsp3) is 0.125. The molecular formula is C8H9NO3. The molecule has 4 nitrogen and oxygen atoms in total. The van der Waals surface area contributed by atoms with Gasteiger partial charge < -0.3 is 10.6 Å². The number of nitrogen functional groups attached to an aromatic ring is 1. The summed E-state index contributed by atoms with van der Waals surface area (Å²) in [5.41, 5.74) is 6.81. The molecule has 0 saturated carbocycles. The molecule has 0 saturated heterocycles. The summed E-state index contributed by atoms with van der Waals surface area (Å²) in [6.45, 7) is 0. The van der Waals surface area contributed by atoms with E-state index in [1.165, 1.54) is 0 Å². The Hall–Kier alpha value is -1.55. The number of benzene rings is 1. The number of hydrogen-bond acceptors (Lipinski definition) is 4. The molecule has 3 N–H and O–H groups in total. The van der Waals surface area contributed by atoms with Crippen LogP contribution >= 0.6 is 0 Å². The maximum absolute atomic E-state index is 10.6. The predicted octanol–water partition coefficient (Wildman–Crippen LogP) is 0.828. The molecule has 0 radical (unpaired) electrons. The topological polar surface area (TPSA) is 72.6 Å². The zero-order valence-corrected chi connectivity index (χ0v) is 6.36. The van der Waals surface area contributed by atoms with Crippen molar-refractivity contribution in [3.8, 4) is 0 Å². The van der Waals surface area contributed by atoms with Crippen LogP contribution in [0.25, 0.3) is 0 Å². The van der Waals surface area contributed by atoms with E-state index in [1.54, 1.807) is 24.3 Å². The van der Waals surface area contributed by atoms with Crippen LogP contribution in [0.5, 0.6) is 0 Å². The third-order valence-corrected chi connectivity index (χ3v) is 1.43. The van der Waals surface area contributed by atoms with E-state index in [2.05, 4.69) is 4.89 Å². The second kappa shape index (κ2) is 3.73. The van der Waals surface area contributed by atoms with Crippen LogP contribution in [0.1, 0.15) is 5.56 Å². The minimum atomic E-state index is -0.681. The molecule has 0 fully saturated rings. The van der Waals surface area contributed by atoms with E-state index < -0.39 is 5.97 Å². The third kappa shape index (κ3) is 2.25. The summed E-state index contributed by atoms with van der Waals surface area (Å²) in [7, 11) is 0. The quantitative estimate of drug-likeness (QED) is 0.388. The summed E-state index contributed by atoms with van der Waals surface area (Å²) in [6, 6.07) is 6.76. The van der Waals surface area contributed by atoms with Crippen LogP contribution in [-0.2, 0) is 16.1 Å². The van der Waals surface area contributed by atoms with Crippen molar-refractivity contribution < 1.29 is 14.9 Å². The smallest absolute Gasteiger partial charge is 0.346 e. The molecule has 12 heavy (non-hydrogen) atoms. The molecule has 0 aliphatic carbocycles. The number of carbonyl (C=O) groups is 1. The predicted molar refractivity (Wildman–Crippen MR) is 43.3 cm³/mol. The highest BCUT2D eigenvalue weighted by Gasteiger charge is 2.02. The van der Waals surface area contributed by atoms with Gasteiger partial charge in [-0.25, -0.2) is 4.79 Å². The summed E-state index contributed by atoms with van der Waals surface area (Å²) in [5, 5.41) is 7.98. The molecule has 64 valence electrons. The van der Waals surface area contributed by atoms with E-state index in [1.807, 2.05) is 0 Å². The molecule has 1 aromatic carbocycles. The Morgan fingerprint density at radius 2 is 2.00 bits per heavy atom. The Kier molecular flexibility index (Phi) is 2.66. The highest BCUT2D eigenvalue weighted by Crippen LogP contribution is 2.06. The number of rotatable bonds is 2. The van der Waals surface area contributed by atoms with Crippen LogP contribution in [0.15, 0.2) is 24.3 Å². The fourth-order valence-electron chi connectivity index (χ4n) is 0.834. The molecule has 4 heteroatoms. The van der Waals surface area contributed by atoms with Crippen molar-refractivity contribution in [2.45, 2.75) is 6.42 Å². The zero-order chi connectivity index (χ0) is 8.97. The van der Waals surface area contributed by atoms with Gasteiger partial charge in [-0.05, 0) is 17.7 Å². The average molecular weight is 167 g/mol. The van der Waals surface area contributed by atoms with Gasteiger partial charge in [0.05, 0.1) is 6.42 Å². The van der Waals surface area contributed by atoms with Crippen LogP contribution in [0.4, 0.5) is 5.69 Å². The Bertz CT molecular complexity index is 268. The van der Waals surface area contributed by atoms with E-state index >= 15 is 0 Å². The van der Waals surface area contributed by atoms with Gasteiger partial charge in [-0.3, -0.25) is 0 Å². The van der Waals surface area contributed by atoms with Gasteiger partial charge in [0.1, 0.15) is 0 Å². The first-order chi connectivity index (χ1) is 5.72. The molecule has 0 aliphatic rings. The van der Waals surface area contributed by atoms with Gasteiger partial charge in [0.2, 0.25) is 0 Å². The van der Waals surface area contributed by atoms with Crippen molar-refractivity contribution in [2.24, 2.45) is 0 Å². The first kappa shape index (κ1) is 8.55. The lowest BCUT2D eigenvalue weighted by molar-refractivity contribution is -0.233. The maximum atomic E-state index is 10.6. The monoisotopic (exact) mass is 167 g/mol. The van der Waals surface area contributed by atoms with Crippen molar-refractivity contribution >= 4 is 11.7 Å². The molecule has 1 rings (SSSR count). The lowest BCUT2D eigenvalue weighted by Gasteiger charge is -1.98. The first-order valence-corrected chi connectivity index (χ1v) is 3.41. The second-order valence-electron chi connectivity index (χ2n) is 2.38. The lowest BCUT2D eigenvalue weighted by Crippen LogP contribution is -2.04. The molecule has 0 spiro atoms. The van der Waals surface area contributed by atoms with Gasteiger partial charge in [0.25, 0.3) is 0 Å². The van der Waals surface area contributed by atoms with Gasteiger partial charge >= 0.3 is 5.97 Å². The van der Waals surface area contributed by atoms with Gasteiger partial charge in [0, 0.05) is 5.69 Å². The van der Waals surface area contributed by atoms with E-state index in [0.717, 1.165) is 5.56 Å². The van der Waals surface area contributed by atoms with E-state index in [9.17, 15) is 4.79 Å². The molecule has 0 bridgehead atoms. The Morgan fingerprint density at radius 1 is 1.42 bits per heavy atom. The Labute approximate surface area is 69.5 Å². The van der Waals surface area contributed by atoms with Crippen LogP contribution in [0, 0.1) is 0 Å². The van der Waals surface area contributed by atoms with Crippen LogP contribution < -0.4 is 5.73 Å². The lowest BCUT2D eigenvalue weighted by atomic mass is 10.1. The van der Waals surface area contributed by atoms with Crippen molar-refractivity contribution in [2.75, 3.05) is 5.73 Å². The average Bonchev–Trinajstić information content (AvgIpc) is 2.09. The molecule has 0 atom stereocenters. The molecule has 0 heterocycles. The fourth-order valence-corrected chi connectivity index (χ4v) is 0.834. The number of nitrogens with two attached hydrogens (primary N) is 1. The normalized spacial score (nSPS) is 9.42. The van der Waals surface area contributed by atoms with E-state index in [0.29, 0.717) is 5.69 Å². The van der Waals surface area contributed by atoms with Crippen LogP contribution in [-0.4, -0.2) is 11.2 Å².